The van der Waals surface area contributed by atoms with Crippen molar-refractivity contribution in [1.82, 2.24) is 20.5 Å². The Morgan fingerprint density at radius 2 is 1.94 bits per heavy atom. The van der Waals surface area contributed by atoms with E-state index in [-0.39, 0.29) is 17.4 Å². The van der Waals surface area contributed by atoms with Gasteiger partial charge in [-0.3, -0.25) is 14.6 Å². The highest BCUT2D eigenvalue weighted by molar-refractivity contribution is 7.99. The largest absolute Gasteiger partial charge is 0.484 e. The van der Waals surface area contributed by atoms with E-state index in [1.165, 1.54) is 23.9 Å². The van der Waals surface area contributed by atoms with Crippen molar-refractivity contribution in [2.75, 3.05) is 23.6 Å². The molecule has 0 saturated heterocycles. The molecule has 164 valence electrons. The third-order valence-corrected chi connectivity index (χ3v) is 6.30. The van der Waals surface area contributed by atoms with Crippen LogP contribution in [-0.2, 0) is 14.8 Å². The number of anilines is 1. The van der Waals surface area contributed by atoms with E-state index < -0.39 is 10.0 Å². The summed E-state index contributed by atoms with van der Waals surface area (Å²) in [6.07, 6.45) is 0. The van der Waals surface area contributed by atoms with Gasteiger partial charge in [-0.25, -0.2) is 13.4 Å². The Kier molecular flexibility index (Phi) is 7.53. The normalized spacial score (nSPS) is 11.2. The van der Waals surface area contributed by atoms with Gasteiger partial charge in [0.2, 0.25) is 5.16 Å². The number of para-hydroxylation sites is 1. The highest BCUT2D eigenvalue weighted by Gasteiger charge is 2.16. The molecule has 0 spiro atoms. The van der Waals surface area contributed by atoms with Crippen molar-refractivity contribution in [3.8, 4) is 5.75 Å². The highest BCUT2D eigenvalue weighted by atomic mass is 32.2. The maximum atomic E-state index is 12.6. The number of H-pyrrole nitrogens is 1. The summed E-state index contributed by atoms with van der Waals surface area (Å²) in [7, 11) is -3.72. The van der Waals surface area contributed by atoms with Gasteiger partial charge in [0, 0.05) is 18.0 Å². The Bertz CT molecular complexity index is 1130. The fourth-order valence-corrected chi connectivity index (χ4v) is 4.43. The minimum Gasteiger partial charge on any atom is -0.484 e. The predicted molar refractivity (Wildman–Crippen MR) is 119 cm³/mol. The van der Waals surface area contributed by atoms with Crippen LogP contribution in [0.25, 0.3) is 0 Å². The SMILES string of the molecule is Cc1nc(SCCNC(=O)COc2ccc(S(=O)(=O)Nc3ccccc3)cc2C)n[nH]1. The number of carbonyl (C=O) groups is 1. The van der Waals surface area contributed by atoms with E-state index in [1.807, 2.05) is 6.92 Å². The number of rotatable bonds is 10. The van der Waals surface area contributed by atoms with E-state index in [4.69, 9.17) is 4.74 Å². The summed E-state index contributed by atoms with van der Waals surface area (Å²) in [6, 6.07) is 13.1. The zero-order valence-electron chi connectivity index (χ0n) is 17.1. The summed E-state index contributed by atoms with van der Waals surface area (Å²) in [5.41, 5.74) is 1.09. The van der Waals surface area contributed by atoms with Crippen LogP contribution in [0.15, 0.2) is 58.6 Å². The van der Waals surface area contributed by atoms with Gasteiger partial charge in [-0.1, -0.05) is 30.0 Å². The molecule has 31 heavy (non-hydrogen) atoms. The Morgan fingerprint density at radius 3 is 2.61 bits per heavy atom. The van der Waals surface area contributed by atoms with Crippen LogP contribution < -0.4 is 14.8 Å². The average Bonchev–Trinajstić information content (AvgIpc) is 3.15. The first-order chi connectivity index (χ1) is 14.8. The first kappa shape index (κ1) is 22.6. The molecule has 0 unspecified atom stereocenters. The van der Waals surface area contributed by atoms with Gasteiger partial charge in [0.15, 0.2) is 6.61 Å². The quantitative estimate of drug-likeness (QED) is 0.313. The summed E-state index contributed by atoms with van der Waals surface area (Å²) in [6.45, 7) is 3.82. The number of hydrogen-bond acceptors (Lipinski definition) is 7. The van der Waals surface area contributed by atoms with Gasteiger partial charge < -0.3 is 10.1 Å². The van der Waals surface area contributed by atoms with Crippen molar-refractivity contribution >= 4 is 33.4 Å². The number of aromatic nitrogens is 3. The number of amides is 1. The van der Waals surface area contributed by atoms with Gasteiger partial charge in [-0.05, 0) is 49.7 Å². The van der Waals surface area contributed by atoms with Crippen molar-refractivity contribution in [3.05, 3.63) is 59.9 Å². The van der Waals surface area contributed by atoms with Crippen LogP contribution in [0.3, 0.4) is 0 Å². The molecule has 0 aliphatic carbocycles. The molecule has 11 heteroatoms. The summed E-state index contributed by atoms with van der Waals surface area (Å²) in [5.74, 6) is 1.54. The summed E-state index contributed by atoms with van der Waals surface area (Å²) >= 11 is 1.43. The standard InChI is InChI=1S/C20H23N5O4S2/c1-14-12-17(31(27,28)25-16-6-4-3-5-7-16)8-9-18(14)29-13-19(26)21-10-11-30-20-22-15(2)23-24-20/h3-9,12,25H,10-11,13H2,1-2H3,(H,21,26)(H,22,23,24). The highest BCUT2D eigenvalue weighted by Crippen LogP contribution is 2.23. The van der Waals surface area contributed by atoms with Gasteiger partial charge in [-0.2, -0.15) is 0 Å². The van der Waals surface area contributed by atoms with Crippen molar-refractivity contribution in [3.63, 3.8) is 0 Å². The molecular formula is C20H23N5O4S2. The minimum atomic E-state index is -3.72. The topological polar surface area (TPSA) is 126 Å². The number of carbonyl (C=O) groups excluding carboxylic acids is 1. The zero-order chi connectivity index (χ0) is 22.3. The Morgan fingerprint density at radius 1 is 1.16 bits per heavy atom. The van der Waals surface area contributed by atoms with E-state index in [2.05, 4.69) is 25.2 Å². The molecule has 0 saturated carbocycles. The molecule has 0 aliphatic heterocycles. The van der Waals surface area contributed by atoms with E-state index in [0.717, 1.165) is 5.82 Å². The minimum absolute atomic E-state index is 0.116. The molecule has 0 bridgehead atoms. The van der Waals surface area contributed by atoms with Crippen LogP contribution >= 0.6 is 11.8 Å². The number of sulfonamides is 1. The van der Waals surface area contributed by atoms with Crippen molar-refractivity contribution in [2.45, 2.75) is 23.9 Å². The van der Waals surface area contributed by atoms with Gasteiger partial charge in [0.25, 0.3) is 15.9 Å². The van der Waals surface area contributed by atoms with Crippen LogP contribution in [-0.4, -0.2) is 48.4 Å². The molecule has 0 atom stereocenters. The van der Waals surface area contributed by atoms with E-state index in [9.17, 15) is 13.2 Å². The maximum absolute atomic E-state index is 12.6. The zero-order valence-corrected chi connectivity index (χ0v) is 18.7. The van der Waals surface area contributed by atoms with Crippen LogP contribution in [0.1, 0.15) is 11.4 Å². The summed E-state index contributed by atoms with van der Waals surface area (Å²) < 4.78 is 33.2. The lowest BCUT2D eigenvalue weighted by Gasteiger charge is -2.12. The lowest BCUT2D eigenvalue weighted by atomic mass is 10.2. The number of thioether (sulfide) groups is 1. The Labute approximate surface area is 185 Å². The molecule has 0 fully saturated rings. The molecule has 3 aromatic rings. The van der Waals surface area contributed by atoms with Crippen LogP contribution in [0.4, 0.5) is 5.69 Å². The fraction of sp³-hybridized carbons (Fsp3) is 0.250. The van der Waals surface area contributed by atoms with E-state index >= 15 is 0 Å². The second-order valence-electron chi connectivity index (χ2n) is 6.59. The van der Waals surface area contributed by atoms with E-state index in [0.29, 0.717) is 34.5 Å². The van der Waals surface area contributed by atoms with Gasteiger partial charge in [-0.15, -0.1) is 5.10 Å². The molecule has 1 aromatic heterocycles. The van der Waals surface area contributed by atoms with Gasteiger partial charge in [0.05, 0.1) is 4.90 Å². The molecule has 1 amide bonds. The number of hydrogen-bond donors (Lipinski definition) is 3. The molecular weight excluding hydrogens is 438 g/mol. The molecule has 3 N–H and O–H groups in total. The van der Waals surface area contributed by atoms with Crippen molar-refractivity contribution < 1.29 is 17.9 Å². The third-order valence-electron chi connectivity index (χ3n) is 4.07. The lowest BCUT2D eigenvalue weighted by molar-refractivity contribution is -0.122. The van der Waals surface area contributed by atoms with E-state index in [1.54, 1.807) is 43.3 Å². The van der Waals surface area contributed by atoms with Gasteiger partial charge in [0.1, 0.15) is 11.6 Å². The monoisotopic (exact) mass is 461 g/mol. The van der Waals surface area contributed by atoms with Crippen molar-refractivity contribution in [2.24, 2.45) is 0 Å². The van der Waals surface area contributed by atoms with Crippen LogP contribution in [0, 0.1) is 13.8 Å². The molecule has 3 rings (SSSR count). The Hall–Kier alpha value is -3.05. The smallest absolute Gasteiger partial charge is 0.261 e. The average molecular weight is 462 g/mol. The first-order valence-corrected chi connectivity index (χ1v) is 11.9. The molecule has 2 aromatic carbocycles. The summed E-state index contributed by atoms with van der Waals surface area (Å²) in [5, 5.41) is 10.2. The fourth-order valence-electron chi connectivity index (χ4n) is 2.59. The first-order valence-electron chi connectivity index (χ1n) is 9.43. The number of aryl methyl sites for hydroxylation is 2. The molecule has 1 heterocycles. The van der Waals surface area contributed by atoms with Crippen LogP contribution in [0.2, 0.25) is 0 Å². The number of nitrogens with one attached hydrogen (secondary N) is 3. The molecule has 0 radical (unpaired) electrons. The predicted octanol–water partition coefficient (Wildman–Crippen LogP) is 2.51. The second-order valence-corrected chi connectivity index (χ2v) is 9.33. The molecule has 0 aliphatic rings. The third kappa shape index (κ3) is 6.72. The summed E-state index contributed by atoms with van der Waals surface area (Å²) in [4.78, 5) is 16.3. The second kappa shape index (κ2) is 10.3. The van der Waals surface area contributed by atoms with Crippen molar-refractivity contribution in [1.29, 1.82) is 0 Å². The van der Waals surface area contributed by atoms with Gasteiger partial charge >= 0.3 is 0 Å². The maximum Gasteiger partial charge on any atom is 0.261 e. The lowest BCUT2D eigenvalue weighted by Crippen LogP contribution is -2.30. The Balaban J connectivity index is 1.48. The number of benzene rings is 2. The number of nitrogens with zero attached hydrogens (tertiary/aromatic N) is 2. The number of ether oxygens (including phenoxy) is 1. The molecule has 9 nitrogen and oxygen atoms in total. The number of aromatic amines is 1. The van der Waals surface area contributed by atoms with Crippen LogP contribution in [0.5, 0.6) is 5.75 Å².